The molecule has 2 aliphatic heterocycles. The van der Waals surface area contributed by atoms with Gasteiger partial charge in [0.25, 0.3) is 5.91 Å². The number of halogens is 2. The number of ether oxygens (including phenoxy) is 2. The topological polar surface area (TPSA) is 104 Å². The number of benzene rings is 1. The van der Waals surface area contributed by atoms with Crippen molar-refractivity contribution in [2.24, 2.45) is 21.6 Å². The normalized spacial score (nSPS) is 42.3. The molecule has 5 unspecified atom stereocenters. The Kier molecular flexibility index (Phi) is 2.85. The van der Waals surface area contributed by atoms with Crippen LogP contribution in [0.5, 0.6) is 0 Å². The maximum Gasteiger partial charge on any atom is 0.293 e. The van der Waals surface area contributed by atoms with Crippen molar-refractivity contribution in [1.29, 1.82) is 10.5 Å². The standard InChI is InChI=1S/C16H12ClFN4O2/c1-8-5-23-16(24-8)15(7-20)12(14(15,6-19)13(21)22-16)11-9(17)3-2-4-10(11)18/h2-4,8,12H,5H2,1H3,(H2,21,22). The molecule has 1 aliphatic carbocycles. The van der Waals surface area contributed by atoms with Gasteiger partial charge in [-0.3, -0.25) is 0 Å². The molecule has 1 saturated carbocycles. The maximum atomic E-state index is 14.5. The molecule has 0 amide bonds. The number of fused-ring (bicyclic) bond motifs is 2. The first-order chi connectivity index (χ1) is 11.4. The number of nitrogens with zero attached hydrogens (tertiary/aromatic N) is 3. The monoisotopic (exact) mass is 346 g/mol. The number of aliphatic imine (C=N–C) groups is 1. The van der Waals surface area contributed by atoms with E-state index in [1.54, 1.807) is 6.92 Å². The Morgan fingerprint density at radius 1 is 1.42 bits per heavy atom. The average molecular weight is 347 g/mol. The molecule has 5 atom stereocenters. The SMILES string of the molecule is CC1COC2(N=C(N)C3(C#N)C(c4c(F)cccc4Cl)C23C#N)O1. The van der Waals surface area contributed by atoms with Gasteiger partial charge in [-0.15, -0.1) is 0 Å². The van der Waals surface area contributed by atoms with Crippen LogP contribution in [0.4, 0.5) is 4.39 Å². The van der Waals surface area contributed by atoms with Crippen molar-refractivity contribution < 1.29 is 13.9 Å². The van der Waals surface area contributed by atoms with E-state index in [1.165, 1.54) is 18.2 Å². The van der Waals surface area contributed by atoms with Gasteiger partial charge >= 0.3 is 0 Å². The van der Waals surface area contributed by atoms with Crippen molar-refractivity contribution in [3.8, 4) is 12.1 Å². The third kappa shape index (κ3) is 1.36. The summed E-state index contributed by atoms with van der Waals surface area (Å²) in [6, 6.07) is 8.35. The van der Waals surface area contributed by atoms with Gasteiger partial charge in [-0.2, -0.15) is 10.5 Å². The van der Waals surface area contributed by atoms with Crippen LogP contribution in [0.3, 0.4) is 0 Å². The molecule has 2 fully saturated rings. The Hall–Kier alpha value is -2.19. The van der Waals surface area contributed by atoms with E-state index in [-0.39, 0.29) is 29.1 Å². The van der Waals surface area contributed by atoms with Gasteiger partial charge in [0.2, 0.25) is 0 Å². The highest BCUT2D eigenvalue weighted by molar-refractivity contribution is 6.31. The van der Waals surface area contributed by atoms with E-state index >= 15 is 0 Å². The van der Waals surface area contributed by atoms with E-state index in [0.717, 1.165) is 0 Å². The molecule has 4 rings (SSSR count). The minimum Gasteiger partial charge on any atom is -0.386 e. The zero-order valence-electron chi connectivity index (χ0n) is 12.6. The van der Waals surface area contributed by atoms with Gasteiger partial charge in [0.15, 0.2) is 5.41 Å². The Labute approximate surface area is 142 Å². The maximum absolute atomic E-state index is 14.5. The zero-order valence-corrected chi connectivity index (χ0v) is 13.3. The molecule has 0 aromatic heterocycles. The second kappa shape index (κ2) is 4.46. The fourth-order valence-electron chi connectivity index (χ4n) is 4.08. The largest absolute Gasteiger partial charge is 0.386 e. The van der Waals surface area contributed by atoms with E-state index in [4.69, 9.17) is 26.8 Å². The number of hydrogen-bond donors (Lipinski definition) is 1. The lowest BCUT2D eigenvalue weighted by Gasteiger charge is -2.26. The second-order valence-corrected chi connectivity index (χ2v) is 6.63. The molecule has 6 nitrogen and oxygen atoms in total. The van der Waals surface area contributed by atoms with Crippen LogP contribution in [0.25, 0.3) is 0 Å². The summed E-state index contributed by atoms with van der Waals surface area (Å²) in [5.41, 5.74) is 2.96. The van der Waals surface area contributed by atoms with Gasteiger partial charge in [0.05, 0.1) is 24.8 Å². The second-order valence-electron chi connectivity index (χ2n) is 6.23. The summed E-state index contributed by atoms with van der Waals surface area (Å²) >= 11 is 6.16. The van der Waals surface area contributed by atoms with Crippen molar-refractivity contribution in [2.75, 3.05) is 6.61 Å². The zero-order chi connectivity index (χ0) is 17.3. The van der Waals surface area contributed by atoms with Gasteiger partial charge in [-0.1, -0.05) is 17.7 Å². The van der Waals surface area contributed by atoms with Crippen LogP contribution in [0.15, 0.2) is 23.2 Å². The molecular weight excluding hydrogens is 335 g/mol. The lowest BCUT2D eigenvalue weighted by molar-refractivity contribution is -0.193. The quantitative estimate of drug-likeness (QED) is 0.838. The molecule has 1 aromatic carbocycles. The highest BCUT2D eigenvalue weighted by atomic mass is 35.5. The molecule has 2 N–H and O–H groups in total. The molecule has 1 saturated heterocycles. The van der Waals surface area contributed by atoms with Crippen LogP contribution < -0.4 is 5.73 Å². The highest BCUT2D eigenvalue weighted by Crippen LogP contribution is 2.83. The third-order valence-electron chi connectivity index (χ3n) is 5.09. The van der Waals surface area contributed by atoms with Crippen LogP contribution in [0.1, 0.15) is 18.4 Å². The Bertz CT molecular complexity index is 858. The van der Waals surface area contributed by atoms with Gasteiger partial charge in [0.1, 0.15) is 17.1 Å². The van der Waals surface area contributed by atoms with E-state index in [1.807, 2.05) is 0 Å². The van der Waals surface area contributed by atoms with Crippen molar-refractivity contribution in [1.82, 2.24) is 0 Å². The van der Waals surface area contributed by atoms with Crippen LogP contribution >= 0.6 is 11.6 Å². The highest BCUT2D eigenvalue weighted by Gasteiger charge is 2.95. The third-order valence-corrected chi connectivity index (χ3v) is 5.42. The first-order valence-electron chi connectivity index (χ1n) is 7.34. The fraction of sp³-hybridized carbons (Fsp3) is 0.438. The van der Waals surface area contributed by atoms with Gasteiger partial charge in [-0.25, -0.2) is 9.38 Å². The van der Waals surface area contributed by atoms with Gasteiger partial charge in [0, 0.05) is 16.5 Å². The van der Waals surface area contributed by atoms with Gasteiger partial charge < -0.3 is 15.2 Å². The van der Waals surface area contributed by atoms with E-state index < -0.39 is 28.5 Å². The summed E-state index contributed by atoms with van der Waals surface area (Å²) in [5, 5.41) is 19.9. The average Bonchev–Trinajstić information content (AvgIpc) is 2.89. The van der Waals surface area contributed by atoms with Crippen LogP contribution in [-0.4, -0.2) is 24.5 Å². The number of nitrogens with two attached hydrogens (primary N) is 1. The summed E-state index contributed by atoms with van der Waals surface area (Å²) in [6.07, 6.45) is -0.335. The first-order valence-corrected chi connectivity index (χ1v) is 7.72. The van der Waals surface area contributed by atoms with Gasteiger partial charge in [-0.05, 0) is 19.1 Å². The molecule has 0 bridgehead atoms. The summed E-state index contributed by atoms with van der Waals surface area (Å²) in [5.74, 6) is -3.33. The Morgan fingerprint density at radius 2 is 2.17 bits per heavy atom. The van der Waals surface area contributed by atoms with Crippen molar-refractivity contribution >= 4 is 17.4 Å². The molecule has 8 heteroatoms. The summed E-state index contributed by atoms with van der Waals surface area (Å²) in [4.78, 5) is 4.16. The van der Waals surface area contributed by atoms with Crippen LogP contribution in [0, 0.1) is 39.3 Å². The first kappa shape index (κ1) is 15.3. The molecule has 24 heavy (non-hydrogen) atoms. The Morgan fingerprint density at radius 3 is 2.71 bits per heavy atom. The Balaban J connectivity index is 1.98. The number of rotatable bonds is 1. The van der Waals surface area contributed by atoms with Crippen molar-refractivity contribution in [3.05, 3.63) is 34.6 Å². The summed E-state index contributed by atoms with van der Waals surface area (Å²) < 4.78 is 25.9. The van der Waals surface area contributed by atoms with E-state index in [0.29, 0.717) is 0 Å². The summed E-state index contributed by atoms with van der Waals surface area (Å²) in [7, 11) is 0. The smallest absolute Gasteiger partial charge is 0.293 e. The molecule has 1 aromatic rings. The minimum atomic E-state index is -1.71. The fourth-order valence-corrected chi connectivity index (χ4v) is 4.35. The molecule has 3 aliphatic rings. The molecule has 1 spiro atoms. The van der Waals surface area contributed by atoms with Crippen LogP contribution in [-0.2, 0) is 9.47 Å². The predicted molar refractivity (Wildman–Crippen MR) is 81.1 cm³/mol. The van der Waals surface area contributed by atoms with E-state index in [2.05, 4.69) is 17.1 Å². The molecule has 2 heterocycles. The lowest BCUT2D eigenvalue weighted by Crippen LogP contribution is -2.39. The number of nitriles is 2. The van der Waals surface area contributed by atoms with Crippen molar-refractivity contribution in [3.63, 3.8) is 0 Å². The van der Waals surface area contributed by atoms with Crippen molar-refractivity contribution in [2.45, 2.75) is 24.9 Å². The molecule has 0 radical (unpaired) electrons. The lowest BCUT2D eigenvalue weighted by atomic mass is 9.93. The van der Waals surface area contributed by atoms with Crippen LogP contribution in [0.2, 0.25) is 5.02 Å². The predicted octanol–water partition coefficient (Wildman–Crippen LogP) is 2.06. The summed E-state index contributed by atoms with van der Waals surface area (Å²) in [6.45, 7) is 1.95. The van der Waals surface area contributed by atoms with E-state index in [9.17, 15) is 14.9 Å². The molecule has 122 valence electrons. The minimum absolute atomic E-state index is 0.0613. The number of hydrogen-bond acceptors (Lipinski definition) is 6. The number of amidine groups is 1. The molecular formula is C16H12ClFN4O2.